The molecule has 2 heterocycles. The average molecular weight is 261 g/mol. The molecule has 0 atom stereocenters. The Balaban J connectivity index is 0.000000963. The molecule has 1 N–H and O–H groups in total. The molecule has 0 unspecified atom stereocenters. The average Bonchev–Trinajstić information content (AvgIpc) is 2.82. The molecule has 0 fully saturated rings. The molecule has 3 aromatic rings. The van der Waals surface area contributed by atoms with Crippen molar-refractivity contribution in [2.45, 2.75) is 0 Å². The van der Waals surface area contributed by atoms with Crippen molar-refractivity contribution in [2.24, 2.45) is 0 Å². The zero-order valence-corrected chi connectivity index (χ0v) is 9.20. The zero-order valence-electron chi connectivity index (χ0n) is 8.26. The van der Waals surface area contributed by atoms with E-state index in [1.807, 2.05) is 29.0 Å². The Labute approximate surface area is 103 Å². The van der Waals surface area contributed by atoms with Crippen LogP contribution in [-0.4, -0.2) is 15.4 Å². The van der Waals surface area contributed by atoms with E-state index in [4.69, 9.17) is 0 Å². The number of nitrogens with one attached hydrogen (secondary N) is 1. The molecule has 2 aromatic heterocycles. The smallest absolute Gasteiger partial charge is 0.238 e. The van der Waals surface area contributed by atoms with Gasteiger partial charge in [-0.25, -0.2) is 5.10 Å². The van der Waals surface area contributed by atoms with E-state index in [0.29, 0.717) is 0 Å². The predicted molar refractivity (Wildman–Crippen MR) is 55.4 cm³/mol. The first-order valence-corrected chi connectivity index (χ1v) is 4.71. The Kier molecular flexibility index (Phi) is 2.99. The molecular weight excluding hydrogens is 252 g/mol. The SMILES string of the molecule is [Cu].c1ccc2c(c1)ccc[n+]2-c1c[nH]nn1. The van der Waals surface area contributed by atoms with Gasteiger partial charge in [0, 0.05) is 27.7 Å². The largest absolute Gasteiger partial charge is 0.375 e. The maximum absolute atomic E-state index is 3.99. The Morgan fingerprint density at radius 3 is 2.69 bits per heavy atom. The summed E-state index contributed by atoms with van der Waals surface area (Å²) in [5, 5.41) is 11.6. The summed E-state index contributed by atoms with van der Waals surface area (Å²) < 4.78 is 2.00. The molecule has 16 heavy (non-hydrogen) atoms. The van der Waals surface area contributed by atoms with Crippen molar-refractivity contribution in [2.75, 3.05) is 0 Å². The van der Waals surface area contributed by atoms with Crippen LogP contribution in [0.5, 0.6) is 0 Å². The van der Waals surface area contributed by atoms with Gasteiger partial charge in [-0.1, -0.05) is 18.2 Å². The van der Waals surface area contributed by atoms with Crippen LogP contribution in [0, 0.1) is 0 Å². The van der Waals surface area contributed by atoms with Crippen molar-refractivity contribution in [3.05, 3.63) is 48.8 Å². The second kappa shape index (κ2) is 4.43. The Bertz CT molecular complexity index is 587. The molecule has 0 amide bonds. The number of benzene rings is 1. The van der Waals surface area contributed by atoms with Gasteiger partial charge in [0.25, 0.3) is 0 Å². The number of H-pyrrole nitrogens is 1. The molecule has 0 bridgehead atoms. The van der Waals surface area contributed by atoms with E-state index in [2.05, 4.69) is 33.6 Å². The number of aromatic amines is 1. The minimum absolute atomic E-state index is 0. The van der Waals surface area contributed by atoms with Gasteiger partial charge in [0.2, 0.25) is 0 Å². The number of fused-ring (bicyclic) bond motifs is 1. The number of nitrogens with zero attached hydrogens (tertiary/aromatic N) is 3. The number of hydrogen-bond acceptors (Lipinski definition) is 2. The fourth-order valence-electron chi connectivity index (χ4n) is 1.67. The first kappa shape index (κ1) is 10.8. The van der Waals surface area contributed by atoms with Crippen LogP contribution in [0.25, 0.3) is 16.7 Å². The van der Waals surface area contributed by atoms with Crippen molar-refractivity contribution >= 4 is 10.9 Å². The first-order valence-electron chi connectivity index (χ1n) is 4.71. The van der Waals surface area contributed by atoms with Gasteiger partial charge in [-0.05, 0) is 18.2 Å². The van der Waals surface area contributed by atoms with Gasteiger partial charge >= 0.3 is 5.82 Å². The van der Waals surface area contributed by atoms with Crippen LogP contribution in [0.15, 0.2) is 48.8 Å². The summed E-state index contributed by atoms with van der Waals surface area (Å²) in [6, 6.07) is 12.2. The van der Waals surface area contributed by atoms with Crippen LogP contribution >= 0.6 is 0 Å². The molecule has 5 heteroatoms. The third-order valence-corrected chi connectivity index (χ3v) is 2.36. The molecule has 4 nitrogen and oxygen atoms in total. The van der Waals surface area contributed by atoms with Crippen molar-refractivity contribution in [3.8, 4) is 5.82 Å². The fourth-order valence-corrected chi connectivity index (χ4v) is 1.67. The minimum atomic E-state index is 0. The summed E-state index contributed by atoms with van der Waals surface area (Å²) in [4.78, 5) is 0. The summed E-state index contributed by atoms with van der Waals surface area (Å²) in [7, 11) is 0. The van der Waals surface area contributed by atoms with Crippen LogP contribution in [0.4, 0.5) is 0 Å². The standard InChI is InChI=1S/C11H9N4.Cu/c1-2-6-10-9(4-1)5-3-7-15(10)11-8-12-14-13-11;/h1-8H,(H,12,13,14);/q+1;. The zero-order chi connectivity index (χ0) is 10.1. The first-order chi connectivity index (χ1) is 7.45. The summed E-state index contributed by atoms with van der Waals surface area (Å²) in [6.45, 7) is 0. The van der Waals surface area contributed by atoms with E-state index in [0.717, 1.165) is 11.3 Å². The molecule has 0 saturated heterocycles. The topological polar surface area (TPSA) is 45.5 Å². The van der Waals surface area contributed by atoms with Crippen LogP contribution < -0.4 is 4.57 Å². The summed E-state index contributed by atoms with van der Waals surface area (Å²) >= 11 is 0. The molecule has 0 aliphatic carbocycles. The maximum Gasteiger partial charge on any atom is 0.375 e. The molecule has 0 spiro atoms. The number of rotatable bonds is 1. The van der Waals surface area contributed by atoms with E-state index in [-0.39, 0.29) is 17.1 Å². The van der Waals surface area contributed by atoms with E-state index >= 15 is 0 Å². The van der Waals surface area contributed by atoms with Crippen LogP contribution in [0.3, 0.4) is 0 Å². The Morgan fingerprint density at radius 1 is 1.06 bits per heavy atom. The van der Waals surface area contributed by atoms with Gasteiger partial charge in [-0.3, -0.25) is 0 Å². The van der Waals surface area contributed by atoms with Crippen LogP contribution in [-0.2, 0) is 17.1 Å². The Morgan fingerprint density at radius 2 is 1.88 bits per heavy atom. The van der Waals surface area contributed by atoms with Crippen LogP contribution in [0.1, 0.15) is 0 Å². The third-order valence-electron chi connectivity index (χ3n) is 2.36. The van der Waals surface area contributed by atoms with Crippen LogP contribution in [0.2, 0.25) is 0 Å². The van der Waals surface area contributed by atoms with Gasteiger partial charge in [-0.2, -0.15) is 4.57 Å². The van der Waals surface area contributed by atoms with Gasteiger partial charge < -0.3 is 0 Å². The van der Waals surface area contributed by atoms with Crippen molar-refractivity contribution in [1.82, 2.24) is 15.4 Å². The van der Waals surface area contributed by atoms with Gasteiger partial charge in [0.1, 0.15) is 16.8 Å². The fraction of sp³-hybridized carbons (Fsp3) is 0. The molecular formula is C11H9CuN4+. The number of pyridine rings is 1. The van der Waals surface area contributed by atoms with Gasteiger partial charge in [0.05, 0.1) is 6.20 Å². The normalized spacial score (nSPS) is 10.0. The quantitative estimate of drug-likeness (QED) is 0.528. The molecule has 0 aliphatic heterocycles. The van der Waals surface area contributed by atoms with E-state index in [1.165, 1.54) is 5.39 Å². The molecule has 83 valence electrons. The second-order valence-electron chi connectivity index (χ2n) is 3.27. The monoisotopic (exact) mass is 260 g/mol. The van der Waals surface area contributed by atoms with E-state index in [9.17, 15) is 0 Å². The molecule has 1 aromatic carbocycles. The predicted octanol–water partition coefficient (Wildman–Crippen LogP) is 1.23. The van der Waals surface area contributed by atoms with Gasteiger partial charge in [-0.15, -0.1) is 0 Å². The third kappa shape index (κ3) is 1.71. The van der Waals surface area contributed by atoms with Crippen molar-refractivity contribution in [1.29, 1.82) is 0 Å². The second-order valence-corrected chi connectivity index (χ2v) is 3.27. The van der Waals surface area contributed by atoms with Crippen molar-refractivity contribution < 1.29 is 21.6 Å². The molecule has 0 saturated carbocycles. The summed E-state index contributed by atoms with van der Waals surface area (Å²) in [6.07, 6.45) is 3.74. The van der Waals surface area contributed by atoms with E-state index < -0.39 is 0 Å². The van der Waals surface area contributed by atoms with Gasteiger partial charge in [0.15, 0.2) is 0 Å². The number of hydrogen-bond donors (Lipinski definition) is 1. The Hall–Kier alpha value is -1.71. The minimum Gasteiger partial charge on any atom is -0.238 e. The molecule has 3 rings (SSSR count). The van der Waals surface area contributed by atoms with Crippen molar-refractivity contribution in [3.63, 3.8) is 0 Å². The molecule has 1 radical (unpaired) electrons. The summed E-state index contributed by atoms with van der Waals surface area (Å²) in [5.41, 5.74) is 1.12. The number of aromatic nitrogens is 4. The summed E-state index contributed by atoms with van der Waals surface area (Å²) in [5.74, 6) is 0.798. The molecule has 0 aliphatic rings. The number of para-hydroxylation sites is 1. The van der Waals surface area contributed by atoms with E-state index in [1.54, 1.807) is 6.20 Å². The maximum atomic E-state index is 3.99.